The summed E-state index contributed by atoms with van der Waals surface area (Å²) in [7, 11) is 1.90. The highest BCUT2D eigenvalue weighted by atomic mass is 35.5. The van der Waals surface area contributed by atoms with Gasteiger partial charge in [-0.2, -0.15) is 0 Å². The van der Waals surface area contributed by atoms with Crippen molar-refractivity contribution in [3.63, 3.8) is 0 Å². The molecular weight excluding hydrogens is 352 g/mol. The Kier molecular flexibility index (Phi) is 4.30. The summed E-state index contributed by atoms with van der Waals surface area (Å²) < 4.78 is 1.92. The first-order valence-electron chi connectivity index (χ1n) is 8.47. The minimum atomic E-state index is -0.445. The van der Waals surface area contributed by atoms with E-state index in [1.54, 1.807) is 11.1 Å². The lowest BCUT2D eigenvalue weighted by Gasteiger charge is -2.17. The number of rotatable bonds is 3. The van der Waals surface area contributed by atoms with Crippen molar-refractivity contribution in [2.45, 2.75) is 12.5 Å². The maximum atomic E-state index is 12.9. The van der Waals surface area contributed by atoms with Crippen LogP contribution in [0.1, 0.15) is 16.8 Å². The summed E-state index contributed by atoms with van der Waals surface area (Å²) in [6.45, 7) is 0.932. The second-order valence-electron chi connectivity index (χ2n) is 6.54. The van der Waals surface area contributed by atoms with Crippen molar-refractivity contribution in [3.05, 3.63) is 53.3 Å². The Hall–Kier alpha value is -2.57. The third-order valence-electron chi connectivity index (χ3n) is 4.67. The molecule has 6 nitrogen and oxygen atoms in total. The first-order chi connectivity index (χ1) is 12.5. The van der Waals surface area contributed by atoms with E-state index in [9.17, 15) is 9.90 Å². The fraction of sp³-hybridized carbons (Fsp3) is 0.263. The number of fused-ring (bicyclic) bond motifs is 1. The highest BCUT2D eigenvalue weighted by Gasteiger charge is 2.27. The average molecular weight is 371 g/mol. The van der Waals surface area contributed by atoms with Gasteiger partial charge in [-0.15, -0.1) is 0 Å². The third kappa shape index (κ3) is 3.02. The predicted octanol–water partition coefficient (Wildman–Crippen LogP) is 3.18. The summed E-state index contributed by atoms with van der Waals surface area (Å²) in [6.07, 6.45) is 3.68. The minimum absolute atomic E-state index is 0.102. The number of benzene rings is 1. The Morgan fingerprint density at radius 1 is 1.38 bits per heavy atom. The number of amides is 1. The number of aryl methyl sites for hydroxylation is 1. The van der Waals surface area contributed by atoms with Crippen LogP contribution in [0.5, 0.6) is 0 Å². The SMILES string of the molecule is Cn1ccc2c(Nc3cccc(Cl)c3)ncc(C(=O)N3CC[C@H](O)C3)c21. The number of nitrogens with one attached hydrogen (secondary N) is 1. The monoisotopic (exact) mass is 370 g/mol. The molecule has 1 aliphatic heterocycles. The number of aliphatic hydroxyl groups excluding tert-OH is 1. The topological polar surface area (TPSA) is 70.4 Å². The average Bonchev–Trinajstić information content (AvgIpc) is 3.22. The normalized spacial score (nSPS) is 17.0. The zero-order valence-corrected chi connectivity index (χ0v) is 15.1. The summed E-state index contributed by atoms with van der Waals surface area (Å²) in [6, 6.07) is 9.34. The quantitative estimate of drug-likeness (QED) is 0.743. The Labute approximate surface area is 156 Å². The number of β-amino-alcohol motifs (C(OH)–C–C–N with tert-alkyl or cyclic N) is 1. The maximum absolute atomic E-state index is 12.9. The standard InChI is InChI=1S/C19H19ClN4O2/c1-23-7-6-15-17(23)16(19(26)24-8-5-14(25)11-24)10-21-18(15)22-13-4-2-3-12(20)9-13/h2-4,6-7,9-10,14,25H,5,8,11H2,1H3,(H,21,22)/t14-/m0/s1. The van der Waals surface area contributed by atoms with Crippen molar-refractivity contribution in [1.82, 2.24) is 14.5 Å². The first kappa shape index (κ1) is 16.9. The molecule has 4 rings (SSSR count). The Morgan fingerprint density at radius 2 is 2.23 bits per heavy atom. The van der Waals surface area contributed by atoms with Gasteiger partial charge < -0.3 is 19.9 Å². The smallest absolute Gasteiger partial charge is 0.257 e. The fourth-order valence-electron chi connectivity index (χ4n) is 3.37. The fourth-order valence-corrected chi connectivity index (χ4v) is 3.56. The predicted molar refractivity (Wildman–Crippen MR) is 102 cm³/mol. The number of pyridine rings is 1. The van der Waals surface area contributed by atoms with E-state index in [1.807, 2.05) is 48.1 Å². The highest BCUT2D eigenvalue weighted by Crippen LogP contribution is 2.29. The van der Waals surface area contributed by atoms with Gasteiger partial charge in [0, 0.05) is 48.6 Å². The van der Waals surface area contributed by atoms with Gasteiger partial charge in [0.2, 0.25) is 0 Å². The number of halogens is 1. The Bertz CT molecular complexity index is 985. The Morgan fingerprint density at radius 3 is 2.96 bits per heavy atom. The highest BCUT2D eigenvalue weighted by molar-refractivity contribution is 6.30. The largest absolute Gasteiger partial charge is 0.391 e. The molecule has 2 aromatic heterocycles. The molecule has 0 unspecified atom stereocenters. The van der Waals surface area contributed by atoms with Crippen LogP contribution in [0.4, 0.5) is 11.5 Å². The van der Waals surface area contributed by atoms with E-state index in [1.165, 1.54) is 0 Å². The maximum Gasteiger partial charge on any atom is 0.257 e. The van der Waals surface area contributed by atoms with E-state index in [-0.39, 0.29) is 5.91 Å². The molecule has 2 N–H and O–H groups in total. The molecule has 0 spiro atoms. The molecule has 3 aromatic rings. The molecular formula is C19H19ClN4O2. The zero-order valence-electron chi connectivity index (χ0n) is 14.3. The lowest BCUT2D eigenvalue weighted by molar-refractivity contribution is 0.0766. The van der Waals surface area contributed by atoms with E-state index in [4.69, 9.17) is 11.6 Å². The van der Waals surface area contributed by atoms with Crippen molar-refractivity contribution in [1.29, 1.82) is 0 Å². The molecule has 0 saturated carbocycles. The molecule has 134 valence electrons. The zero-order chi connectivity index (χ0) is 18.3. The molecule has 1 fully saturated rings. The van der Waals surface area contributed by atoms with E-state index >= 15 is 0 Å². The molecule has 1 aromatic carbocycles. The third-order valence-corrected chi connectivity index (χ3v) is 4.91. The molecule has 1 atom stereocenters. The number of likely N-dealkylation sites (tertiary alicyclic amines) is 1. The molecule has 0 aliphatic carbocycles. The Balaban J connectivity index is 1.73. The second-order valence-corrected chi connectivity index (χ2v) is 6.97. The van der Waals surface area contributed by atoms with Gasteiger partial charge in [-0.25, -0.2) is 4.98 Å². The number of nitrogens with zero attached hydrogens (tertiary/aromatic N) is 3. The van der Waals surface area contributed by atoms with Gasteiger partial charge in [0.05, 0.1) is 17.2 Å². The van der Waals surface area contributed by atoms with Crippen LogP contribution >= 0.6 is 11.6 Å². The molecule has 0 radical (unpaired) electrons. The number of carbonyl (C=O) groups is 1. The molecule has 1 saturated heterocycles. The van der Waals surface area contributed by atoms with Crippen molar-refractivity contribution in [2.75, 3.05) is 18.4 Å². The molecule has 7 heteroatoms. The lowest BCUT2D eigenvalue weighted by atomic mass is 10.1. The summed E-state index contributed by atoms with van der Waals surface area (Å²) in [4.78, 5) is 19.1. The molecule has 1 aliphatic rings. The van der Waals surface area contributed by atoms with Gasteiger partial charge in [0.1, 0.15) is 5.82 Å². The van der Waals surface area contributed by atoms with Crippen molar-refractivity contribution < 1.29 is 9.90 Å². The van der Waals surface area contributed by atoms with Crippen LogP contribution in [0.3, 0.4) is 0 Å². The van der Waals surface area contributed by atoms with E-state index in [2.05, 4.69) is 10.3 Å². The van der Waals surface area contributed by atoms with Gasteiger partial charge in [0.15, 0.2) is 0 Å². The molecule has 26 heavy (non-hydrogen) atoms. The summed E-state index contributed by atoms with van der Waals surface area (Å²) in [5.41, 5.74) is 2.19. The van der Waals surface area contributed by atoms with E-state index < -0.39 is 6.10 Å². The van der Waals surface area contributed by atoms with E-state index in [0.717, 1.165) is 16.6 Å². The number of hydrogen-bond donors (Lipinski definition) is 2. The number of carbonyl (C=O) groups excluding carboxylic acids is 1. The van der Waals surface area contributed by atoms with Crippen LogP contribution in [-0.2, 0) is 7.05 Å². The number of anilines is 2. The molecule has 1 amide bonds. The van der Waals surface area contributed by atoms with Crippen LogP contribution < -0.4 is 5.32 Å². The van der Waals surface area contributed by atoms with Gasteiger partial charge in [-0.05, 0) is 30.7 Å². The van der Waals surface area contributed by atoms with Gasteiger partial charge in [0.25, 0.3) is 5.91 Å². The van der Waals surface area contributed by atoms with Crippen molar-refractivity contribution >= 4 is 39.9 Å². The summed E-state index contributed by atoms with van der Waals surface area (Å²) in [5, 5.41) is 14.5. The first-order valence-corrected chi connectivity index (χ1v) is 8.84. The van der Waals surface area contributed by atoms with Crippen LogP contribution in [0.2, 0.25) is 5.02 Å². The summed E-state index contributed by atoms with van der Waals surface area (Å²) >= 11 is 6.05. The summed E-state index contributed by atoms with van der Waals surface area (Å²) in [5.74, 6) is 0.566. The van der Waals surface area contributed by atoms with E-state index in [0.29, 0.717) is 35.9 Å². The van der Waals surface area contributed by atoms with Gasteiger partial charge in [-0.1, -0.05) is 17.7 Å². The number of hydrogen-bond acceptors (Lipinski definition) is 4. The van der Waals surface area contributed by atoms with Crippen LogP contribution in [0, 0.1) is 0 Å². The van der Waals surface area contributed by atoms with Crippen LogP contribution in [-0.4, -0.2) is 44.7 Å². The van der Waals surface area contributed by atoms with Gasteiger partial charge in [-0.3, -0.25) is 4.79 Å². The van der Waals surface area contributed by atoms with Crippen LogP contribution in [0.15, 0.2) is 42.7 Å². The number of aromatic nitrogens is 2. The van der Waals surface area contributed by atoms with Crippen LogP contribution in [0.25, 0.3) is 10.9 Å². The van der Waals surface area contributed by atoms with Gasteiger partial charge >= 0.3 is 0 Å². The van der Waals surface area contributed by atoms with Crippen molar-refractivity contribution in [3.8, 4) is 0 Å². The minimum Gasteiger partial charge on any atom is -0.391 e. The lowest BCUT2D eigenvalue weighted by Crippen LogP contribution is -2.30. The second kappa shape index (κ2) is 6.63. The number of aliphatic hydroxyl groups is 1. The van der Waals surface area contributed by atoms with Crippen molar-refractivity contribution in [2.24, 2.45) is 7.05 Å². The molecule has 0 bridgehead atoms. The molecule has 3 heterocycles.